The van der Waals surface area contributed by atoms with Crippen LogP contribution >= 0.6 is 0 Å². The van der Waals surface area contributed by atoms with Gasteiger partial charge in [-0.2, -0.15) is 0 Å². The van der Waals surface area contributed by atoms with Gasteiger partial charge in [0.25, 0.3) is 0 Å². The van der Waals surface area contributed by atoms with Crippen molar-refractivity contribution in [2.75, 3.05) is 13.2 Å². The van der Waals surface area contributed by atoms with E-state index >= 15 is 0 Å². The van der Waals surface area contributed by atoms with Gasteiger partial charge in [0.15, 0.2) is 0 Å². The molecular weight excluding hydrogens is 286 g/mol. The van der Waals surface area contributed by atoms with Crippen molar-refractivity contribution in [3.05, 3.63) is 35.4 Å². The van der Waals surface area contributed by atoms with Gasteiger partial charge in [-0.1, -0.05) is 45.0 Å². The van der Waals surface area contributed by atoms with E-state index in [1.165, 1.54) is 11.1 Å². The molecule has 1 spiro atoms. The largest absolute Gasteiger partial charge is 0.375 e. The smallest absolute Gasteiger partial charge is 0.222 e. The van der Waals surface area contributed by atoms with Crippen molar-refractivity contribution < 1.29 is 9.53 Å². The summed E-state index contributed by atoms with van der Waals surface area (Å²) in [5.74, 6) is 0.275. The molecule has 2 saturated heterocycles. The van der Waals surface area contributed by atoms with Crippen LogP contribution < -0.4 is 0 Å². The molecule has 1 atom stereocenters. The number of nitrogens with zero attached hydrogens (tertiary/aromatic N) is 1. The van der Waals surface area contributed by atoms with Crippen molar-refractivity contribution >= 4 is 5.91 Å². The lowest BCUT2D eigenvalue weighted by atomic mass is 9.87. The van der Waals surface area contributed by atoms with Crippen LogP contribution in [-0.4, -0.2) is 29.6 Å². The van der Waals surface area contributed by atoms with Crippen LogP contribution in [0.5, 0.6) is 0 Å². The summed E-state index contributed by atoms with van der Waals surface area (Å²) in [6.07, 6.45) is 4.76. The Morgan fingerprint density at radius 1 is 1.13 bits per heavy atom. The summed E-state index contributed by atoms with van der Waals surface area (Å²) in [7, 11) is 0. The Kier molecular flexibility index (Phi) is 4.50. The van der Waals surface area contributed by atoms with Gasteiger partial charge < -0.3 is 9.64 Å². The monoisotopic (exact) mass is 315 g/mol. The molecule has 2 aliphatic rings. The molecule has 1 aromatic carbocycles. The molecule has 0 bridgehead atoms. The number of hydrogen-bond acceptors (Lipinski definition) is 2. The summed E-state index contributed by atoms with van der Waals surface area (Å²) >= 11 is 0. The summed E-state index contributed by atoms with van der Waals surface area (Å²) in [6, 6.07) is 8.72. The van der Waals surface area contributed by atoms with E-state index in [2.05, 4.69) is 45.0 Å². The number of hydrogen-bond donors (Lipinski definition) is 0. The van der Waals surface area contributed by atoms with Gasteiger partial charge in [0.1, 0.15) is 0 Å². The maximum Gasteiger partial charge on any atom is 0.222 e. The molecule has 2 fully saturated rings. The summed E-state index contributed by atoms with van der Waals surface area (Å²) in [4.78, 5) is 14.5. The van der Waals surface area contributed by atoms with Crippen LogP contribution in [0.3, 0.4) is 0 Å². The summed E-state index contributed by atoms with van der Waals surface area (Å²) in [5.41, 5.74) is 2.71. The molecule has 0 N–H and O–H groups in total. The third-order valence-electron chi connectivity index (χ3n) is 5.36. The second-order valence-electron chi connectivity index (χ2n) is 8.15. The van der Waals surface area contributed by atoms with Crippen molar-refractivity contribution in [1.82, 2.24) is 4.90 Å². The zero-order chi connectivity index (χ0) is 16.5. The molecule has 3 nitrogen and oxygen atoms in total. The summed E-state index contributed by atoms with van der Waals surface area (Å²) in [5, 5.41) is 0. The normalized spacial score (nSPS) is 25.9. The highest BCUT2D eigenvalue weighted by molar-refractivity contribution is 5.76. The van der Waals surface area contributed by atoms with E-state index in [4.69, 9.17) is 4.74 Å². The lowest BCUT2D eigenvalue weighted by Gasteiger charge is -2.27. The zero-order valence-electron chi connectivity index (χ0n) is 14.7. The topological polar surface area (TPSA) is 29.5 Å². The van der Waals surface area contributed by atoms with E-state index in [1.54, 1.807) is 0 Å². The second kappa shape index (κ2) is 6.27. The molecule has 0 aliphatic carbocycles. The van der Waals surface area contributed by atoms with Gasteiger partial charge in [-0.15, -0.1) is 0 Å². The maximum atomic E-state index is 12.5. The van der Waals surface area contributed by atoms with Crippen molar-refractivity contribution in [3.63, 3.8) is 0 Å². The Bertz CT molecular complexity index is 550. The molecule has 3 rings (SSSR count). The van der Waals surface area contributed by atoms with Crippen LogP contribution in [0, 0.1) is 0 Å². The molecule has 2 heterocycles. The molecule has 1 aromatic rings. The first-order chi connectivity index (χ1) is 10.9. The molecule has 0 saturated carbocycles. The first-order valence-corrected chi connectivity index (χ1v) is 8.89. The van der Waals surface area contributed by atoms with Crippen LogP contribution in [-0.2, 0) is 21.5 Å². The fraction of sp³-hybridized carbons (Fsp3) is 0.650. The Labute approximate surface area is 140 Å². The lowest BCUT2D eigenvalue weighted by molar-refractivity contribution is -0.131. The standard InChI is InChI=1S/C20H29NO2/c1-19(2,3)17-7-5-16(6-8-17)15-21-13-12-20(10-4-14-23-20)11-9-18(21)22/h5-8H,4,9-15H2,1-3H3/t20-/m1/s1. The SMILES string of the molecule is CC(C)(C)c1ccc(CN2CC[C@@]3(CCCO3)CCC2=O)cc1. The van der Waals surface area contributed by atoms with E-state index in [0.717, 1.165) is 45.4 Å². The van der Waals surface area contributed by atoms with Gasteiger partial charge in [0, 0.05) is 26.1 Å². The third kappa shape index (κ3) is 3.77. The van der Waals surface area contributed by atoms with Crippen LogP contribution in [0.15, 0.2) is 24.3 Å². The number of carbonyl (C=O) groups is 1. The van der Waals surface area contributed by atoms with Gasteiger partial charge in [-0.3, -0.25) is 4.79 Å². The summed E-state index contributed by atoms with van der Waals surface area (Å²) in [6.45, 7) is 9.08. The van der Waals surface area contributed by atoms with Gasteiger partial charge in [-0.25, -0.2) is 0 Å². The number of amides is 1. The van der Waals surface area contributed by atoms with E-state index in [0.29, 0.717) is 6.42 Å². The number of carbonyl (C=O) groups excluding carboxylic acids is 1. The van der Waals surface area contributed by atoms with Crippen LogP contribution in [0.1, 0.15) is 64.0 Å². The van der Waals surface area contributed by atoms with Crippen LogP contribution in [0.25, 0.3) is 0 Å². The van der Waals surface area contributed by atoms with E-state index in [1.807, 2.05) is 4.90 Å². The Morgan fingerprint density at radius 2 is 1.87 bits per heavy atom. The second-order valence-corrected chi connectivity index (χ2v) is 8.15. The number of rotatable bonds is 2. The Hall–Kier alpha value is -1.35. The van der Waals surface area contributed by atoms with Gasteiger partial charge in [0.05, 0.1) is 5.60 Å². The van der Waals surface area contributed by atoms with E-state index in [9.17, 15) is 4.79 Å². The quantitative estimate of drug-likeness (QED) is 0.824. The maximum absolute atomic E-state index is 12.5. The van der Waals surface area contributed by atoms with E-state index < -0.39 is 0 Å². The summed E-state index contributed by atoms with van der Waals surface area (Å²) < 4.78 is 5.98. The fourth-order valence-electron chi connectivity index (χ4n) is 3.73. The van der Waals surface area contributed by atoms with Crippen molar-refractivity contribution in [1.29, 1.82) is 0 Å². The third-order valence-corrected chi connectivity index (χ3v) is 5.36. The van der Waals surface area contributed by atoms with Crippen LogP contribution in [0.4, 0.5) is 0 Å². The Balaban J connectivity index is 1.66. The van der Waals surface area contributed by atoms with Crippen molar-refractivity contribution in [2.45, 2.75) is 70.4 Å². The highest BCUT2D eigenvalue weighted by Gasteiger charge is 2.38. The molecular formula is C20H29NO2. The number of ether oxygens (including phenoxy) is 1. The molecule has 3 heteroatoms. The minimum Gasteiger partial charge on any atom is -0.375 e. The van der Waals surface area contributed by atoms with Gasteiger partial charge >= 0.3 is 0 Å². The minimum absolute atomic E-state index is 0.0134. The van der Waals surface area contributed by atoms with Crippen molar-refractivity contribution in [2.24, 2.45) is 0 Å². The molecule has 2 aliphatic heterocycles. The van der Waals surface area contributed by atoms with Gasteiger partial charge in [-0.05, 0) is 42.2 Å². The molecule has 23 heavy (non-hydrogen) atoms. The average Bonchev–Trinajstić information content (AvgIpc) is 2.92. The molecule has 0 aromatic heterocycles. The Morgan fingerprint density at radius 3 is 2.48 bits per heavy atom. The predicted octanol–water partition coefficient (Wildman–Crippen LogP) is 4.05. The highest BCUT2D eigenvalue weighted by atomic mass is 16.5. The number of likely N-dealkylation sites (tertiary alicyclic amines) is 1. The van der Waals surface area contributed by atoms with Gasteiger partial charge in [0.2, 0.25) is 5.91 Å². The first kappa shape index (κ1) is 16.5. The molecule has 1 amide bonds. The van der Waals surface area contributed by atoms with Crippen LogP contribution in [0.2, 0.25) is 0 Å². The number of benzene rings is 1. The predicted molar refractivity (Wildman–Crippen MR) is 92.3 cm³/mol. The fourth-order valence-corrected chi connectivity index (χ4v) is 3.73. The zero-order valence-corrected chi connectivity index (χ0v) is 14.7. The van der Waals surface area contributed by atoms with E-state index in [-0.39, 0.29) is 16.9 Å². The average molecular weight is 315 g/mol. The molecule has 0 radical (unpaired) electrons. The molecule has 126 valence electrons. The molecule has 0 unspecified atom stereocenters. The highest BCUT2D eigenvalue weighted by Crippen LogP contribution is 2.36. The lowest BCUT2D eigenvalue weighted by Crippen LogP contribution is -2.32. The minimum atomic E-state index is -0.0134. The first-order valence-electron chi connectivity index (χ1n) is 8.89. The van der Waals surface area contributed by atoms with Crippen molar-refractivity contribution in [3.8, 4) is 0 Å².